The van der Waals surface area contributed by atoms with Crippen molar-refractivity contribution in [3.8, 4) is 0 Å². The first kappa shape index (κ1) is 29.6. The summed E-state index contributed by atoms with van der Waals surface area (Å²) in [5.74, 6) is -0.671. The van der Waals surface area contributed by atoms with Crippen molar-refractivity contribution < 1.29 is 8.78 Å². The molecule has 2 nitrogen and oxygen atoms in total. The number of para-hydroxylation sites is 4. The maximum Gasteiger partial charge on any atom is 0.147 e. The van der Waals surface area contributed by atoms with Gasteiger partial charge in [0, 0.05) is 27.5 Å². The van der Waals surface area contributed by atoms with Crippen LogP contribution in [-0.4, -0.2) is 0 Å². The number of nitrogens with zero attached hydrogens (tertiary/aromatic N) is 2. The third-order valence-electron chi connectivity index (χ3n) is 9.24. The highest BCUT2D eigenvalue weighted by molar-refractivity contribution is 6.29. The molecule has 0 saturated carbocycles. The minimum atomic E-state index is -0.336. The van der Waals surface area contributed by atoms with Gasteiger partial charge in [0.05, 0.1) is 22.7 Å². The van der Waals surface area contributed by atoms with E-state index in [0.717, 1.165) is 55.1 Å². The molecule has 0 unspecified atom stereocenters. The third kappa shape index (κ3) is 4.92. The van der Waals surface area contributed by atoms with E-state index in [9.17, 15) is 0 Å². The van der Waals surface area contributed by atoms with Crippen molar-refractivity contribution in [2.45, 2.75) is 26.2 Å². The van der Waals surface area contributed by atoms with Crippen LogP contribution < -0.4 is 9.80 Å². The van der Waals surface area contributed by atoms with Gasteiger partial charge in [-0.2, -0.15) is 0 Å². The van der Waals surface area contributed by atoms with Crippen LogP contribution in [0.5, 0.6) is 0 Å². The Morgan fingerprint density at radius 1 is 0.417 bits per heavy atom. The zero-order chi connectivity index (χ0) is 33.0. The smallest absolute Gasteiger partial charge is 0.147 e. The second-order valence-electron chi connectivity index (χ2n) is 13.3. The summed E-state index contributed by atoms with van der Waals surface area (Å²) in [7, 11) is 0. The standard InChI is InChI=1S/C44H34F2N2/c1-44(2,3)31-26-29-22-24-34-40(47(32-14-6-4-7-15-32)38-20-12-10-18-36(38)45)28-41(35-25-23-30(27-31)42(29)43(34)35)48(33-16-8-5-9-17-33)39-21-13-11-19-37(39)46/h4-28H,1-3H3. The molecule has 0 aromatic heterocycles. The van der Waals surface area contributed by atoms with Gasteiger partial charge >= 0.3 is 0 Å². The zero-order valence-corrected chi connectivity index (χ0v) is 27.1. The first-order valence-electron chi connectivity index (χ1n) is 16.2. The van der Waals surface area contributed by atoms with Gasteiger partial charge in [0.15, 0.2) is 0 Å². The van der Waals surface area contributed by atoms with E-state index in [4.69, 9.17) is 0 Å². The summed E-state index contributed by atoms with van der Waals surface area (Å²) in [6.45, 7) is 6.69. The Balaban J connectivity index is 1.56. The quantitative estimate of drug-likeness (QED) is 0.169. The largest absolute Gasteiger partial charge is 0.307 e. The van der Waals surface area contributed by atoms with Gasteiger partial charge in [-0.05, 0) is 81.7 Å². The first-order chi connectivity index (χ1) is 23.3. The molecule has 0 amide bonds. The predicted octanol–water partition coefficient (Wildman–Crippen LogP) is 13.1. The van der Waals surface area contributed by atoms with E-state index in [2.05, 4.69) is 63.2 Å². The highest BCUT2D eigenvalue weighted by Crippen LogP contribution is 2.51. The van der Waals surface area contributed by atoms with Crippen molar-refractivity contribution in [3.63, 3.8) is 0 Å². The number of hydrogen-bond donors (Lipinski definition) is 0. The number of rotatable bonds is 6. The molecule has 0 N–H and O–H groups in total. The lowest BCUT2D eigenvalue weighted by Crippen LogP contribution is -2.16. The topological polar surface area (TPSA) is 6.48 Å². The molecule has 0 fully saturated rings. The fraction of sp³-hybridized carbons (Fsp3) is 0.0909. The third-order valence-corrected chi connectivity index (χ3v) is 9.24. The number of anilines is 6. The molecule has 0 heterocycles. The second-order valence-corrected chi connectivity index (χ2v) is 13.3. The molecule has 0 radical (unpaired) electrons. The van der Waals surface area contributed by atoms with Crippen LogP contribution in [0.15, 0.2) is 152 Å². The van der Waals surface area contributed by atoms with Crippen LogP contribution >= 0.6 is 0 Å². The van der Waals surface area contributed by atoms with Gasteiger partial charge in [0.25, 0.3) is 0 Å². The van der Waals surface area contributed by atoms with Gasteiger partial charge < -0.3 is 9.80 Å². The van der Waals surface area contributed by atoms with Gasteiger partial charge in [-0.15, -0.1) is 0 Å². The molecule has 0 aliphatic heterocycles. The predicted molar refractivity (Wildman–Crippen MR) is 198 cm³/mol. The van der Waals surface area contributed by atoms with E-state index < -0.39 is 0 Å². The van der Waals surface area contributed by atoms with Gasteiger partial charge in [-0.3, -0.25) is 0 Å². The van der Waals surface area contributed by atoms with Crippen LogP contribution in [0.4, 0.5) is 42.9 Å². The highest BCUT2D eigenvalue weighted by atomic mass is 19.1. The molecule has 8 aromatic rings. The van der Waals surface area contributed by atoms with Crippen molar-refractivity contribution in [2.75, 3.05) is 9.80 Å². The summed E-state index contributed by atoms with van der Waals surface area (Å²) in [4.78, 5) is 3.96. The number of halogens is 2. The summed E-state index contributed by atoms with van der Waals surface area (Å²) in [5.41, 5.74) is 5.29. The Labute approximate surface area is 279 Å². The second kappa shape index (κ2) is 11.5. The van der Waals surface area contributed by atoms with E-state index in [1.807, 2.05) is 82.6 Å². The molecule has 0 spiro atoms. The zero-order valence-electron chi connectivity index (χ0n) is 27.1. The summed E-state index contributed by atoms with van der Waals surface area (Å²) in [5, 5.41) is 6.39. The molecule has 8 rings (SSSR count). The molecule has 234 valence electrons. The number of hydrogen-bond acceptors (Lipinski definition) is 2. The SMILES string of the molecule is CC(C)(C)c1cc2ccc3c(N(c4ccccc4)c4ccccc4F)cc(N(c4ccccc4)c4ccccc4F)c4ccc(c1)c2c34. The summed E-state index contributed by atoms with van der Waals surface area (Å²) < 4.78 is 31.8. The summed E-state index contributed by atoms with van der Waals surface area (Å²) >= 11 is 0. The number of benzene rings is 8. The van der Waals surface area contributed by atoms with Crippen molar-refractivity contribution in [1.29, 1.82) is 0 Å². The van der Waals surface area contributed by atoms with E-state index >= 15 is 8.78 Å². The van der Waals surface area contributed by atoms with Crippen LogP contribution in [0.2, 0.25) is 0 Å². The lowest BCUT2D eigenvalue weighted by molar-refractivity contribution is 0.591. The van der Waals surface area contributed by atoms with Crippen LogP contribution in [0.3, 0.4) is 0 Å². The molecule has 0 aliphatic rings. The Morgan fingerprint density at radius 3 is 1.25 bits per heavy atom. The molecule has 0 atom stereocenters. The lowest BCUT2D eigenvalue weighted by atomic mass is 9.83. The van der Waals surface area contributed by atoms with E-state index in [-0.39, 0.29) is 17.0 Å². The minimum Gasteiger partial charge on any atom is -0.307 e. The molecule has 48 heavy (non-hydrogen) atoms. The molecular weight excluding hydrogens is 594 g/mol. The Kier molecular flexibility index (Phi) is 7.10. The molecule has 4 heteroatoms. The monoisotopic (exact) mass is 628 g/mol. The fourth-order valence-corrected chi connectivity index (χ4v) is 6.92. The molecule has 0 aliphatic carbocycles. The van der Waals surface area contributed by atoms with Crippen LogP contribution in [-0.2, 0) is 5.41 Å². The van der Waals surface area contributed by atoms with Crippen molar-refractivity contribution in [1.82, 2.24) is 0 Å². The van der Waals surface area contributed by atoms with Gasteiger partial charge in [-0.25, -0.2) is 8.78 Å². The van der Waals surface area contributed by atoms with Gasteiger partial charge in [0.2, 0.25) is 0 Å². The average Bonchev–Trinajstić information content (AvgIpc) is 3.10. The first-order valence-corrected chi connectivity index (χ1v) is 16.2. The van der Waals surface area contributed by atoms with Crippen LogP contribution in [0.1, 0.15) is 26.3 Å². The fourth-order valence-electron chi connectivity index (χ4n) is 6.92. The summed E-state index contributed by atoms with van der Waals surface area (Å²) in [6.07, 6.45) is 0. The Bertz CT molecular complexity index is 2260. The Morgan fingerprint density at radius 2 is 0.833 bits per heavy atom. The molecule has 8 aromatic carbocycles. The van der Waals surface area contributed by atoms with Crippen LogP contribution in [0, 0.1) is 11.6 Å². The molecule has 0 saturated heterocycles. The Hall–Kier alpha value is -5.74. The average molecular weight is 629 g/mol. The van der Waals surface area contributed by atoms with Crippen molar-refractivity contribution in [2.24, 2.45) is 0 Å². The molecule has 0 bridgehead atoms. The van der Waals surface area contributed by atoms with E-state index in [1.165, 1.54) is 17.7 Å². The van der Waals surface area contributed by atoms with Gasteiger partial charge in [0.1, 0.15) is 11.6 Å². The highest BCUT2D eigenvalue weighted by Gasteiger charge is 2.27. The lowest BCUT2D eigenvalue weighted by Gasteiger charge is -2.32. The van der Waals surface area contributed by atoms with E-state index in [1.54, 1.807) is 24.3 Å². The maximum absolute atomic E-state index is 15.9. The minimum absolute atomic E-state index is 0.0370. The van der Waals surface area contributed by atoms with Crippen molar-refractivity contribution in [3.05, 3.63) is 169 Å². The normalized spacial score (nSPS) is 11.9. The van der Waals surface area contributed by atoms with Crippen molar-refractivity contribution >= 4 is 66.4 Å². The summed E-state index contributed by atoms with van der Waals surface area (Å²) in [6, 6.07) is 48.8. The molecular formula is C44H34F2N2. The van der Waals surface area contributed by atoms with E-state index in [0.29, 0.717) is 11.4 Å². The van der Waals surface area contributed by atoms with Crippen LogP contribution in [0.25, 0.3) is 32.3 Å². The maximum atomic E-state index is 15.9. The van der Waals surface area contributed by atoms with Gasteiger partial charge in [-0.1, -0.05) is 118 Å².